The van der Waals surface area contributed by atoms with Crippen LogP contribution in [0.2, 0.25) is 0 Å². The molecule has 1 aliphatic heterocycles. The van der Waals surface area contributed by atoms with Crippen molar-refractivity contribution in [3.63, 3.8) is 0 Å². The number of nitrogens with zero attached hydrogens (tertiary/aromatic N) is 3. The highest BCUT2D eigenvalue weighted by Crippen LogP contribution is 2.24. The molecule has 2 amide bonds. The summed E-state index contributed by atoms with van der Waals surface area (Å²) in [5, 5.41) is 2.78. The highest BCUT2D eigenvalue weighted by molar-refractivity contribution is 7.13. The molecule has 7 heteroatoms. The van der Waals surface area contributed by atoms with Crippen LogP contribution in [0.4, 0.5) is 4.39 Å². The van der Waals surface area contributed by atoms with Crippen LogP contribution in [0.25, 0.3) is 10.6 Å². The van der Waals surface area contributed by atoms with Gasteiger partial charge >= 0.3 is 0 Å². The van der Waals surface area contributed by atoms with Crippen molar-refractivity contribution in [2.24, 2.45) is 0 Å². The summed E-state index contributed by atoms with van der Waals surface area (Å²) in [6.45, 7) is 3.95. The van der Waals surface area contributed by atoms with E-state index in [1.54, 1.807) is 24.0 Å². The molecule has 1 saturated heterocycles. The average molecular weight is 361 g/mol. The third-order valence-electron chi connectivity index (χ3n) is 4.32. The van der Waals surface area contributed by atoms with E-state index in [1.807, 2.05) is 10.3 Å². The minimum absolute atomic E-state index is 0.0582. The minimum atomic E-state index is -0.268. The molecule has 5 nitrogen and oxygen atoms in total. The summed E-state index contributed by atoms with van der Waals surface area (Å²) < 4.78 is 13.0. The van der Waals surface area contributed by atoms with Gasteiger partial charge in [0.15, 0.2) is 0 Å². The van der Waals surface area contributed by atoms with Crippen LogP contribution in [-0.4, -0.2) is 52.8 Å². The van der Waals surface area contributed by atoms with E-state index in [1.165, 1.54) is 23.5 Å². The molecule has 0 saturated carbocycles. The SMILES string of the molecule is CC(=O)N1CCN(C(=O)CCc2csc(-c3ccc(F)cc3)n2)CC1. The zero-order chi connectivity index (χ0) is 17.8. The predicted octanol–water partition coefficient (Wildman–Crippen LogP) is 2.57. The first kappa shape index (κ1) is 17.5. The van der Waals surface area contributed by atoms with E-state index in [0.717, 1.165) is 16.3 Å². The van der Waals surface area contributed by atoms with Crippen molar-refractivity contribution in [3.8, 4) is 10.6 Å². The first-order valence-electron chi connectivity index (χ1n) is 8.26. The van der Waals surface area contributed by atoms with Crippen LogP contribution in [-0.2, 0) is 16.0 Å². The number of carbonyl (C=O) groups excluding carboxylic acids is 2. The Morgan fingerprint density at radius 1 is 1.12 bits per heavy atom. The van der Waals surface area contributed by atoms with Crippen LogP contribution in [0.3, 0.4) is 0 Å². The van der Waals surface area contributed by atoms with Gasteiger partial charge in [-0.25, -0.2) is 9.37 Å². The Hall–Kier alpha value is -2.28. The Bertz CT molecular complexity index is 752. The molecule has 3 rings (SSSR count). The Kier molecular flexibility index (Phi) is 5.43. The lowest BCUT2D eigenvalue weighted by Crippen LogP contribution is -2.50. The molecule has 0 radical (unpaired) electrons. The number of aryl methyl sites for hydroxylation is 1. The zero-order valence-electron chi connectivity index (χ0n) is 14.1. The van der Waals surface area contributed by atoms with Gasteiger partial charge in [-0.2, -0.15) is 0 Å². The summed E-state index contributed by atoms with van der Waals surface area (Å²) in [4.78, 5) is 31.7. The van der Waals surface area contributed by atoms with Crippen molar-refractivity contribution >= 4 is 23.2 Å². The van der Waals surface area contributed by atoms with Gasteiger partial charge in [0.25, 0.3) is 0 Å². The van der Waals surface area contributed by atoms with Crippen LogP contribution in [0.5, 0.6) is 0 Å². The summed E-state index contributed by atoms with van der Waals surface area (Å²) in [5.41, 5.74) is 1.75. The number of amides is 2. The van der Waals surface area contributed by atoms with Crippen LogP contribution >= 0.6 is 11.3 Å². The van der Waals surface area contributed by atoms with Gasteiger partial charge in [0.1, 0.15) is 10.8 Å². The number of rotatable bonds is 4. The molecule has 1 aromatic heterocycles. The Morgan fingerprint density at radius 2 is 1.76 bits per heavy atom. The molecule has 0 spiro atoms. The fraction of sp³-hybridized carbons (Fsp3) is 0.389. The van der Waals surface area contributed by atoms with E-state index in [0.29, 0.717) is 39.0 Å². The molecule has 0 unspecified atom stereocenters. The van der Waals surface area contributed by atoms with Gasteiger partial charge < -0.3 is 9.80 Å². The number of benzene rings is 1. The maximum Gasteiger partial charge on any atom is 0.223 e. The normalized spacial score (nSPS) is 14.6. The van der Waals surface area contributed by atoms with Gasteiger partial charge in [-0.05, 0) is 30.7 Å². The molecule has 0 aliphatic carbocycles. The third-order valence-corrected chi connectivity index (χ3v) is 5.26. The molecular formula is C18H20FN3O2S. The van der Waals surface area contributed by atoms with Crippen molar-refractivity contribution < 1.29 is 14.0 Å². The van der Waals surface area contributed by atoms with Crippen molar-refractivity contribution in [2.45, 2.75) is 19.8 Å². The highest BCUT2D eigenvalue weighted by Gasteiger charge is 2.22. The minimum Gasteiger partial charge on any atom is -0.339 e. The molecule has 132 valence electrons. The molecule has 25 heavy (non-hydrogen) atoms. The number of hydrogen-bond donors (Lipinski definition) is 0. The van der Waals surface area contributed by atoms with Gasteiger partial charge in [-0.1, -0.05) is 0 Å². The number of hydrogen-bond acceptors (Lipinski definition) is 4. The van der Waals surface area contributed by atoms with E-state index in [4.69, 9.17) is 0 Å². The summed E-state index contributed by atoms with van der Waals surface area (Å²) in [7, 11) is 0. The van der Waals surface area contributed by atoms with Crippen molar-refractivity contribution in [3.05, 3.63) is 41.2 Å². The van der Waals surface area contributed by atoms with E-state index in [2.05, 4.69) is 4.98 Å². The van der Waals surface area contributed by atoms with E-state index < -0.39 is 0 Å². The van der Waals surface area contributed by atoms with Crippen LogP contribution in [0.15, 0.2) is 29.6 Å². The Balaban J connectivity index is 1.51. The van der Waals surface area contributed by atoms with Crippen LogP contribution in [0, 0.1) is 5.82 Å². The molecule has 0 bridgehead atoms. The van der Waals surface area contributed by atoms with Crippen molar-refractivity contribution in [2.75, 3.05) is 26.2 Å². The molecule has 1 aliphatic rings. The third kappa shape index (κ3) is 4.42. The maximum atomic E-state index is 13.0. The molecule has 2 aromatic rings. The molecule has 0 atom stereocenters. The second-order valence-corrected chi connectivity index (χ2v) is 6.90. The maximum absolute atomic E-state index is 13.0. The van der Waals surface area contributed by atoms with Crippen molar-refractivity contribution in [1.29, 1.82) is 0 Å². The van der Waals surface area contributed by atoms with Crippen LogP contribution < -0.4 is 0 Å². The lowest BCUT2D eigenvalue weighted by atomic mass is 10.2. The standard InChI is InChI=1S/C18H20FN3O2S/c1-13(23)21-8-10-22(11-9-21)17(24)7-6-16-12-25-18(20-16)14-2-4-15(19)5-3-14/h2-5,12H,6-11H2,1H3. The number of thiazole rings is 1. The van der Waals surface area contributed by atoms with Gasteiger partial charge in [-0.15, -0.1) is 11.3 Å². The molecule has 0 N–H and O–H groups in total. The van der Waals surface area contributed by atoms with Crippen LogP contribution in [0.1, 0.15) is 19.0 Å². The summed E-state index contributed by atoms with van der Waals surface area (Å²) >= 11 is 1.50. The van der Waals surface area contributed by atoms with Gasteiger partial charge in [0.05, 0.1) is 5.69 Å². The highest BCUT2D eigenvalue weighted by atomic mass is 32.1. The Labute approximate surface area is 150 Å². The van der Waals surface area contributed by atoms with Gasteiger partial charge in [0, 0.05) is 50.5 Å². The second kappa shape index (κ2) is 7.74. The quantitative estimate of drug-likeness (QED) is 0.841. The summed E-state index contributed by atoms with van der Waals surface area (Å²) in [6.07, 6.45) is 0.996. The number of aromatic nitrogens is 1. The first-order valence-corrected chi connectivity index (χ1v) is 9.14. The lowest BCUT2D eigenvalue weighted by molar-refractivity contribution is -0.138. The monoisotopic (exact) mass is 361 g/mol. The van der Waals surface area contributed by atoms with E-state index >= 15 is 0 Å². The second-order valence-electron chi connectivity index (χ2n) is 6.04. The molecule has 1 fully saturated rings. The molecule has 2 heterocycles. The number of piperazine rings is 1. The smallest absolute Gasteiger partial charge is 0.223 e. The summed E-state index contributed by atoms with van der Waals surface area (Å²) in [5.74, 6) is -0.113. The average Bonchev–Trinajstić information content (AvgIpc) is 3.09. The number of halogens is 1. The summed E-state index contributed by atoms with van der Waals surface area (Å²) in [6, 6.07) is 6.25. The first-order chi connectivity index (χ1) is 12.0. The Morgan fingerprint density at radius 3 is 2.40 bits per heavy atom. The van der Waals surface area contributed by atoms with Gasteiger partial charge in [0.2, 0.25) is 11.8 Å². The predicted molar refractivity (Wildman–Crippen MR) is 94.7 cm³/mol. The number of carbonyl (C=O) groups is 2. The largest absolute Gasteiger partial charge is 0.339 e. The zero-order valence-corrected chi connectivity index (χ0v) is 14.9. The molecular weight excluding hydrogens is 341 g/mol. The van der Waals surface area contributed by atoms with Gasteiger partial charge in [-0.3, -0.25) is 9.59 Å². The van der Waals surface area contributed by atoms with Crippen molar-refractivity contribution in [1.82, 2.24) is 14.8 Å². The lowest BCUT2D eigenvalue weighted by Gasteiger charge is -2.34. The topological polar surface area (TPSA) is 53.5 Å². The molecule has 1 aromatic carbocycles. The van der Waals surface area contributed by atoms with E-state index in [-0.39, 0.29) is 17.6 Å². The fourth-order valence-electron chi connectivity index (χ4n) is 2.81. The fourth-order valence-corrected chi connectivity index (χ4v) is 3.67. The van der Waals surface area contributed by atoms with E-state index in [9.17, 15) is 14.0 Å².